The van der Waals surface area contributed by atoms with Crippen LogP contribution in [-0.2, 0) is 6.54 Å². The first-order valence-corrected chi connectivity index (χ1v) is 11.6. The molecule has 0 saturated heterocycles. The van der Waals surface area contributed by atoms with Crippen LogP contribution in [0.1, 0.15) is 25.7 Å². The monoisotopic (exact) mass is 462 g/mol. The number of aromatic nitrogens is 2. The van der Waals surface area contributed by atoms with Gasteiger partial charge in [-0.3, -0.25) is 9.36 Å². The molecule has 0 aliphatic carbocycles. The number of hydrogen-bond donors (Lipinski definition) is 0. The van der Waals surface area contributed by atoms with Crippen LogP contribution in [-0.4, -0.2) is 23.3 Å². The van der Waals surface area contributed by atoms with E-state index >= 15 is 0 Å². The van der Waals surface area contributed by atoms with Crippen LogP contribution in [0, 0.1) is 0 Å². The zero-order chi connectivity index (χ0) is 23.0. The van der Waals surface area contributed by atoms with E-state index in [0.717, 1.165) is 42.7 Å². The molecule has 0 aliphatic rings. The lowest BCUT2D eigenvalue weighted by Gasteiger charge is -2.14. The van der Waals surface area contributed by atoms with E-state index in [1.54, 1.807) is 11.7 Å². The second-order valence-electron chi connectivity index (χ2n) is 7.86. The molecule has 3 aromatic carbocycles. The molecule has 0 amide bonds. The quantitative estimate of drug-likeness (QED) is 0.257. The standard InChI is InChI=1S/C27H27ClN2O3/c1-32-22-9-8-10-23(19-22)33-18-7-3-2-6-17-30-26(20-13-15-21(28)16-14-20)29-25-12-5-4-11-24(25)27(30)31/h4-5,8-16,19H,2-3,6-7,17-18H2,1H3. The van der Waals surface area contributed by atoms with Gasteiger partial charge in [0.05, 0.1) is 24.6 Å². The molecule has 1 heterocycles. The molecule has 6 heteroatoms. The van der Waals surface area contributed by atoms with E-state index in [1.807, 2.05) is 72.8 Å². The lowest BCUT2D eigenvalue weighted by atomic mass is 10.1. The number of ether oxygens (including phenoxy) is 2. The molecule has 4 rings (SSSR count). The van der Waals surface area contributed by atoms with Crippen molar-refractivity contribution in [3.8, 4) is 22.9 Å². The lowest BCUT2D eigenvalue weighted by molar-refractivity contribution is 0.302. The van der Waals surface area contributed by atoms with Crippen molar-refractivity contribution in [2.24, 2.45) is 0 Å². The van der Waals surface area contributed by atoms with Crippen molar-refractivity contribution in [3.63, 3.8) is 0 Å². The number of para-hydroxylation sites is 1. The third-order valence-corrected chi connectivity index (χ3v) is 5.80. The average Bonchev–Trinajstić information content (AvgIpc) is 2.85. The number of rotatable bonds is 10. The third kappa shape index (κ3) is 5.74. The Morgan fingerprint density at radius 1 is 0.879 bits per heavy atom. The highest BCUT2D eigenvalue weighted by Crippen LogP contribution is 2.22. The van der Waals surface area contributed by atoms with E-state index in [-0.39, 0.29) is 5.56 Å². The van der Waals surface area contributed by atoms with Crippen molar-refractivity contribution in [3.05, 3.63) is 88.2 Å². The lowest BCUT2D eigenvalue weighted by Crippen LogP contribution is -2.23. The van der Waals surface area contributed by atoms with Gasteiger partial charge in [0.15, 0.2) is 0 Å². The molecule has 1 aromatic heterocycles. The largest absolute Gasteiger partial charge is 0.497 e. The summed E-state index contributed by atoms with van der Waals surface area (Å²) in [4.78, 5) is 18.0. The van der Waals surface area contributed by atoms with Gasteiger partial charge in [-0.25, -0.2) is 4.98 Å². The normalized spacial score (nSPS) is 11.0. The Morgan fingerprint density at radius 2 is 1.64 bits per heavy atom. The maximum Gasteiger partial charge on any atom is 0.261 e. The van der Waals surface area contributed by atoms with Gasteiger partial charge in [-0.15, -0.1) is 0 Å². The van der Waals surface area contributed by atoms with Crippen LogP contribution in [0.2, 0.25) is 5.02 Å². The minimum atomic E-state index is -0.00749. The number of fused-ring (bicyclic) bond motifs is 1. The molecule has 0 fully saturated rings. The molecule has 33 heavy (non-hydrogen) atoms. The summed E-state index contributed by atoms with van der Waals surface area (Å²) in [6.45, 7) is 1.27. The molecular weight excluding hydrogens is 436 g/mol. The van der Waals surface area contributed by atoms with E-state index in [2.05, 4.69) is 0 Å². The zero-order valence-electron chi connectivity index (χ0n) is 18.7. The summed E-state index contributed by atoms with van der Waals surface area (Å²) in [6, 6.07) is 22.6. The Labute approximate surface area is 198 Å². The first kappa shape index (κ1) is 22.9. The van der Waals surface area contributed by atoms with Gasteiger partial charge in [0.25, 0.3) is 5.56 Å². The number of hydrogen-bond acceptors (Lipinski definition) is 4. The second kappa shape index (κ2) is 11.0. The van der Waals surface area contributed by atoms with Gasteiger partial charge in [0.1, 0.15) is 17.3 Å². The smallest absolute Gasteiger partial charge is 0.261 e. The van der Waals surface area contributed by atoms with Gasteiger partial charge in [0.2, 0.25) is 0 Å². The van der Waals surface area contributed by atoms with E-state index in [0.29, 0.717) is 34.9 Å². The topological polar surface area (TPSA) is 53.4 Å². The summed E-state index contributed by atoms with van der Waals surface area (Å²) < 4.78 is 12.8. The maximum atomic E-state index is 13.2. The Morgan fingerprint density at radius 3 is 2.45 bits per heavy atom. The summed E-state index contributed by atoms with van der Waals surface area (Å²) in [5.74, 6) is 2.28. The number of nitrogens with zero attached hydrogens (tertiary/aromatic N) is 2. The maximum absolute atomic E-state index is 13.2. The molecule has 170 valence electrons. The van der Waals surface area contributed by atoms with Gasteiger partial charge in [-0.05, 0) is 61.4 Å². The summed E-state index contributed by atoms with van der Waals surface area (Å²) in [6.07, 6.45) is 3.86. The minimum absolute atomic E-state index is 0.00749. The fourth-order valence-corrected chi connectivity index (χ4v) is 3.93. The highest BCUT2D eigenvalue weighted by atomic mass is 35.5. The predicted octanol–water partition coefficient (Wildman–Crippen LogP) is 6.36. The van der Waals surface area contributed by atoms with Crippen LogP contribution >= 0.6 is 11.6 Å². The van der Waals surface area contributed by atoms with Crippen LogP contribution < -0.4 is 15.0 Å². The van der Waals surface area contributed by atoms with Crippen molar-refractivity contribution in [2.75, 3.05) is 13.7 Å². The van der Waals surface area contributed by atoms with Crippen LogP contribution in [0.4, 0.5) is 0 Å². The minimum Gasteiger partial charge on any atom is -0.497 e. The molecule has 0 spiro atoms. The molecule has 0 atom stereocenters. The Kier molecular flexibility index (Phi) is 7.63. The van der Waals surface area contributed by atoms with Crippen molar-refractivity contribution in [1.29, 1.82) is 0 Å². The Bertz CT molecular complexity index is 1270. The van der Waals surface area contributed by atoms with Crippen molar-refractivity contribution >= 4 is 22.5 Å². The summed E-state index contributed by atoms with van der Waals surface area (Å²) in [5.41, 5.74) is 1.58. The van der Waals surface area contributed by atoms with E-state index in [9.17, 15) is 4.79 Å². The molecular formula is C27H27ClN2O3. The predicted molar refractivity (Wildman–Crippen MR) is 133 cm³/mol. The summed E-state index contributed by atoms with van der Waals surface area (Å²) in [5, 5.41) is 1.30. The van der Waals surface area contributed by atoms with Crippen molar-refractivity contribution in [1.82, 2.24) is 9.55 Å². The van der Waals surface area contributed by atoms with E-state index in [4.69, 9.17) is 26.1 Å². The van der Waals surface area contributed by atoms with Gasteiger partial charge in [-0.1, -0.05) is 42.6 Å². The van der Waals surface area contributed by atoms with Gasteiger partial charge < -0.3 is 9.47 Å². The molecule has 0 aliphatic heterocycles. The molecule has 0 N–H and O–H groups in total. The van der Waals surface area contributed by atoms with E-state index < -0.39 is 0 Å². The molecule has 0 bridgehead atoms. The summed E-state index contributed by atoms with van der Waals surface area (Å²) in [7, 11) is 1.65. The highest BCUT2D eigenvalue weighted by molar-refractivity contribution is 6.30. The molecule has 5 nitrogen and oxygen atoms in total. The average molecular weight is 463 g/mol. The van der Waals surface area contributed by atoms with Crippen LogP contribution in [0.25, 0.3) is 22.3 Å². The highest BCUT2D eigenvalue weighted by Gasteiger charge is 2.12. The Balaban J connectivity index is 1.38. The second-order valence-corrected chi connectivity index (χ2v) is 8.29. The molecule has 4 aromatic rings. The molecule has 0 radical (unpaired) electrons. The molecule has 0 saturated carbocycles. The number of halogens is 1. The number of methoxy groups -OCH3 is 1. The number of unbranched alkanes of at least 4 members (excludes halogenated alkanes) is 3. The van der Waals surface area contributed by atoms with Gasteiger partial charge in [0, 0.05) is 23.2 Å². The van der Waals surface area contributed by atoms with Crippen molar-refractivity contribution < 1.29 is 9.47 Å². The summed E-state index contributed by atoms with van der Waals surface area (Å²) >= 11 is 6.06. The fraction of sp³-hybridized carbons (Fsp3) is 0.259. The van der Waals surface area contributed by atoms with Crippen LogP contribution in [0.15, 0.2) is 77.6 Å². The SMILES string of the molecule is COc1cccc(OCCCCCCn2c(-c3ccc(Cl)cc3)nc3ccccc3c2=O)c1. The third-order valence-electron chi connectivity index (χ3n) is 5.55. The zero-order valence-corrected chi connectivity index (χ0v) is 19.4. The van der Waals surface area contributed by atoms with Gasteiger partial charge in [-0.2, -0.15) is 0 Å². The first-order chi connectivity index (χ1) is 16.2. The van der Waals surface area contributed by atoms with Crippen molar-refractivity contribution in [2.45, 2.75) is 32.2 Å². The Hall–Kier alpha value is -3.31. The first-order valence-electron chi connectivity index (χ1n) is 11.2. The fourth-order valence-electron chi connectivity index (χ4n) is 3.80. The van der Waals surface area contributed by atoms with Crippen LogP contribution in [0.3, 0.4) is 0 Å². The number of benzene rings is 3. The van der Waals surface area contributed by atoms with E-state index in [1.165, 1.54) is 0 Å². The van der Waals surface area contributed by atoms with Gasteiger partial charge >= 0.3 is 0 Å². The molecule has 0 unspecified atom stereocenters. The van der Waals surface area contributed by atoms with Crippen LogP contribution in [0.5, 0.6) is 11.5 Å².